The Balaban J connectivity index is 1.36. The molecule has 0 spiro atoms. The first-order chi connectivity index (χ1) is 18.8. The number of hydrogen-bond acceptors (Lipinski definition) is 4. The Morgan fingerprint density at radius 1 is 0.487 bits per heavy atom. The van der Waals surface area contributed by atoms with E-state index in [9.17, 15) is 19.2 Å². The van der Waals surface area contributed by atoms with Crippen LogP contribution in [0.3, 0.4) is 0 Å². The fraction of sp³-hybridized carbons (Fsp3) is 0.0968. The number of benzene rings is 4. The van der Waals surface area contributed by atoms with Crippen molar-refractivity contribution in [2.75, 3.05) is 21.3 Å². The van der Waals surface area contributed by atoms with E-state index >= 15 is 0 Å². The van der Waals surface area contributed by atoms with Gasteiger partial charge in [0, 0.05) is 25.2 Å². The molecule has 0 aliphatic heterocycles. The Kier molecular flexibility index (Phi) is 8.48. The van der Waals surface area contributed by atoms with Gasteiger partial charge in [0.1, 0.15) is 0 Å². The highest BCUT2D eigenvalue weighted by atomic mass is 16.2. The lowest BCUT2D eigenvalue weighted by Gasteiger charge is -2.11. The van der Waals surface area contributed by atoms with Gasteiger partial charge < -0.3 is 21.3 Å². The van der Waals surface area contributed by atoms with Crippen LogP contribution in [-0.2, 0) is 16.0 Å². The number of carbonyl (C=O) groups excluding carboxylic acids is 4. The SMILES string of the molecule is CC(=O)Nc1ccccc1C(=O)Nc1ccc(Cc2ccc(NC(=O)c3ccccc3NC(C)=O)cc2)cc1. The number of nitrogens with one attached hydrogen (secondary N) is 4. The summed E-state index contributed by atoms with van der Waals surface area (Å²) in [4.78, 5) is 48.3. The fourth-order valence-electron chi connectivity index (χ4n) is 4.00. The zero-order valence-electron chi connectivity index (χ0n) is 21.6. The van der Waals surface area contributed by atoms with Crippen molar-refractivity contribution in [2.45, 2.75) is 20.3 Å². The molecule has 0 aliphatic rings. The lowest BCUT2D eigenvalue weighted by atomic mass is 10.0. The normalized spacial score (nSPS) is 10.3. The Bertz CT molecular complexity index is 1400. The Hall–Kier alpha value is -5.24. The number of anilines is 4. The van der Waals surface area contributed by atoms with Gasteiger partial charge in [-0.3, -0.25) is 19.2 Å². The maximum atomic E-state index is 12.7. The van der Waals surface area contributed by atoms with Crippen molar-refractivity contribution in [1.82, 2.24) is 0 Å². The van der Waals surface area contributed by atoms with E-state index in [-0.39, 0.29) is 23.6 Å². The van der Waals surface area contributed by atoms with Gasteiger partial charge in [-0.1, -0.05) is 48.5 Å². The zero-order valence-corrected chi connectivity index (χ0v) is 21.6. The number of carbonyl (C=O) groups is 4. The molecule has 4 rings (SSSR count). The van der Waals surface area contributed by atoms with E-state index in [1.807, 2.05) is 48.5 Å². The molecule has 0 bridgehead atoms. The van der Waals surface area contributed by atoms with Gasteiger partial charge in [-0.15, -0.1) is 0 Å². The first-order valence-electron chi connectivity index (χ1n) is 12.3. The highest BCUT2D eigenvalue weighted by Gasteiger charge is 2.13. The van der Waals surface area contributed by atoms with Crippen molar-refractivity contribution in [3.63, 3.8) is 0 Å². The van der Waals surface area contributed by atoms with Gasteiger partial charge in [0.2, 0.25) is 11.8 Å². The predicted molar refractivity (Wildman–Crippen MR) is 153 cm³/mol. The van der Waals surface area contributed by atoms with E-state index in [2.05, 4.69) is 21.3 Å². The minimum Gasteiger partial charge on any atom is -0.326 e. The third kappa shape index (κ3) is 7.39. The summed E-state index contributed by atoms with van der Waals surface area (Å²) in [7, 11) is 0. The maximum absolute atomic E-state index is 12.7. The van der Waals surface area contributed by atoms with Crippen molar-refractivity contribution in [2.24, 2.45) is 0 Å². The van der Waals surface area contributed by atoms with E-state index < -0.39 is 0 Å². The fourth-order valence-corrected chi connectivity index (χ4v) is 4.00. The molecule has 0 saturated heterocycles. The first-order valence-corrected chi connectivity index (χ1v) is 12.3. The van der Waals surface area contributed by atoms with Gasteiger partial charge >= 0.3 is 0 Å². The number of amides is 4. The van der Waals surface area contributed by atoms with Gasteiger partial charge in [-0.2, -0.15) is 0 Å². The molecule has 0 heterocycles. The Morgan fingerprint density at radius 2 is 0.846 bits per heavy atom. The molecular formula is C31H28N4O4. The van der Waals surface area contributed by atoms with Gasteiger partial charge in [0.15, 0.2) is 0 Å². The number of hydrogen-bond donors (Lipinski definition) is 4. The van der Waals surface area contributed by atoms with Crippen LogP contribution in [0.5, 0.6) is 0 Å². The van der Waals surface area contributed by atoms with Crippen molar-refractivity contribution < 1.29 is 19.2 Å². The minimum absolute atomic E-state index is 0.248. The average Bonchev–Trinajstić information content (AvgIpc) is 2.91. The van der Waals surface area contributed by atoms with Crippen LogP contribution >= 0.6 is 0 Å². The molecule has 4 amide bonds. The predicted octanol–water partition coefficient (Wildman–Crippen LogP) is 5.70. The minimum atomic E-state index is -0.315. The molecule has 0 aromatic heterocycles. The second-order valence-electron chi connectivity index (χ2n) is 8.93. The second-order valence-corrected chi connectivity index (χ2v) is 8.93. The van der Waals surface area contributed by atoms with Gasteiger partial charge in [0.05, 0.1) is 22.5 Å². The third-order valence-corrected chi connectivity index (χ3v) is 5.80. The van der Waals surface area contributed by atoms with Crippen LogP contribution in [0.1, 0.15) is 45.7 Å². The van der Waals surface area contributed by atoms with Crippen LogP contribution in [0, 0.1) is 0 Å². The summed E-state index contributed by atoms with van der Waals surface area (Å²) in [5, 5.41) is 11.1. The van der Waals surface area contributed by atoms with Crippen molar-refractivity contribution >= 4 is 46.4 Å². The standard InChI is InChI=1S/C31H28N4O4/c1-20(36)32-28-9-5-3-7-26(28)30(38)34-24-15-11-22(12-16-24)19-23-13-17-25(18-14-23)35-31(39)27-8-4-6-10-29(27)33-21(2)37/h3-18H,19H2,1-2H3,(H,32,36)(H,33,37)(H,34,38)(H,35,39). The molecule has 0 radical (unpaired) electrons. The Labute approximate surface area is 226 Å². The maximum Gasteiger partial charge on any atom is 0.257 e. The summed E-state index contributed by atoms with van der Waals surface area (Å²) in [6.07, 6.45) is 0.666. The van der Waals surface area contributed by atoms with Crippen LogP contribution in [0.2, 0.25) is 0 Å². The number of para-hydroxylation sites is 2. The summed E-state index contributed by atoms with van der Waals surface area (Å²) in [5.74, 6) is -1.13. The zero-order chi connectivity index (χ0) is 27.8. The van der Waals surface area contributed by atoms with E-state index in [0.29, 0.717) is 40.3 Å². The molecule has 8 heteroatoms. The molecule has 0 unspecified atom stereocenters. The summed E-state index contributed by atoms with van der Waals surface area (Å²) in [6, 6.07) is 28.7. The van der Waals surface area contributed by atoms with Crippen molar-refractivity contribution in [3.8, 4) is 0 Å². The third-order valence-electron chi connectivity index (χ3n) is 5.80. The van der Waals surface area contributed by atoms with Crippen LogP contribution in [0.25, 0.3) is 0 Å². The van der Waals surface area contributed by atoms with Crippen LogP contribution in [-0.4, -0.2) is 23.6 Å². The van der Waals surface area contributed by atoms with E-state index in [0.717, 1.165) is 11.1 Å². The summed E-state index contributed by atoms with van der Waals surface area (Å²) < 4.78 is 0. The van der Waals surface area contributed by atoms with Crippen LogP contribution < -0.4 is 21.3 Å². The molecule has 0 fully saturated rings. The van der Waals surface area contributed by atoms with Crippen molar-refractivity contribution in [3.05, 3.63) is 119 Å². The molecule has 0 saturated carbocycles. The highest BCUT2D eigenvalue weighted by Crippen LogP contribution is 2.21. The van der Waals surface area contributed by atoms with Crippen LogP contribution in [0.15, 0.2) is 97.1 Å². The monoisotopic (exact) mass is 520 g/mol. The molecule has 39 heavy (non-hydrogen) atoms. The molecule has 0 aliphatic carbocycles. The molecular weight excluding hydrogens is 492 g/mol. The topological polar surface area (TPSA) is 116 Å². The lowest BCUT2D eigenvalue weighted by Crippen LogP contribution is -2.16. The highest BCUT2D eigenvalue weighted by molar-refractivity contribution is 6.10. The summed E-state index contributed by atoms with van der Waals surface area (Å²) >= 11 is 0. The summed E-state index contributed by atoms with van der Waals surface area (Å²) in [5.41, 5.74) is 5.04. The van der Waals surface area contributed by atoms with Gasteiger partial charge in [-0.05, 0) is 66.1 Å². The van der Waals surface area contributed by atoms with E-state index in [1.165, 1.54) is 13.8 Å². The quantitative estimate of drug-likeness (QED) is 0.238. The van der Waals surface area contributed by atoms with Crippen molar-refractivity contribution in [1.29, 1.82) is 0 Å². The molecule has 8 nitrogen and oxygen atoms in total. The first kappa shape index (κ1) is 26.8. The molecule has 0 atom stereocenters. The molecule has 4 N–H and O–H groups in total. The Morgan fingerprint density at radius 3 is 1.21 bits per heavy atom. The largest absolute Gasteiger partial charge is 0.326 e. The van der Waals surface area contributed by atoms with Crippen LogP contribution in [0.4, 0.5) is 22.7 Å². The van der Waals surface area contributed by atoms with Gasteiger partial charge in [0.25, 0.3) is 11.8 Å². The van der Waals surface area contributed by atoms with E-state index in [1.54, 1.807) is 48.5 Å². The number of rotatable bonds is 8. The molecule has 196 valence electrons. The van der Waals surface area contributed by atoms with E-state index in [4.69, 9.17) is 0 Å². The lowest BCUT2D eigenvalue weighted by molar-refractivity contribution is -0.115. The smallest absolute Gasteiger partial charge is 0.257 e. The van der Waals surface area contributed by atoms with Gasteiger partial charge in [-0.25, -0.2) is 0 Å². The molecule has 4 aromatic carbocycles. The average molecular weight is 521 g/mol. The molecule has 4 aromatic rings. The second kappa shape index (κ2) is 12.3. The summed E-state index contributed by atoms with van der Waals surface area (Å²) in [6.45, 7) is 2.79.